The highest BCUT2D eigenvalue weighted by atomic mass is 79.9. The predicted molar refractivity (Wildman–Crippen MR) is 61.9 cm³/mol. The van der Waals surface area contributed by atoms with E-state index in [-0.39, 0.29) is 0 Å². The van der Waals surface area contributed by atoms with Crippen molar-refractivity contribution in [2.75, 3.05) is 38.2 Å². The summed E-state index contributed by atoms with van der Waals surface area (Å²) in [4.78, 5) is 2.62. The van der Waals surface area contributed by atoms with Crippen molar-refractivity contribution < 1.29 is 4.74 Å². The van der Waals surface area contributed by atoms with E-state index in [1.165, 1.54) is 44.2 Å². The van der Waals surface area contributed by atoms with Crippen molar-refractivity contribution in [2.45, 2.75) is 19.3 Å². The van der Waals surface area contributed by atoms with Crippen molar-refractivity contribution in [3.8, 4) is 0 Å². The Bertz CT molecular complexity index is 163. The molecule has 0 aromatic carbocycles. The Labute approximate surface area is 95.1 Å². The van der Waals surface area contributed by atoms with Gasteiger partial charge in [0.25, 0.3) is 0 Å². The summed E-state index contributed by atoms with van der Waals surface area (Å²) in [6.45, 7) is 5.86. The Morgan fingerprint density at radius 2 is 1.93 bits per heavy atom. The third-order valence-electron chi connectivity index (χ3n) is 3.47. The summed E-state index contributed by atoms with van der Waals surface area (Å²) in [7, 11) is 0. The second kappa shape index (κ2) is 5.47. The molecule has 2 fully saturated rings. The Morgan fingerprint density at radius 3 is 2.50 bits per heavy atom. The molecule has 0 spiro atoms. The molecule has 3 heteroatoms. The van der Waals surface area contributed by atoms with Gasteiger partial charge in [0.05, 0.1) is 6.61 Å². The maximum absolute atomic E-state index is 5.41. The van der Waals surface area contributed by atoms with Gasteiger partial charge >= 0.3 is 0 Å². The fourth-order valence-electron chi connectivity index (χ4n) is 2.42. The number of nitrogens with zero attached hydrogens (tertiary/aromatic N) is 1. The van der Waals surface area contributed by atoms with Crippen LogP contribution in [0, 0.1) is 11.8 Å². The monoisotopic (exact) mass is 261 g/mol. The molecule has 1 unspecified atom stereocenters. The summed E-state index contributed by atoms with van der Waals surface area (Å²) in [6, 6.07) is 0. The second-order valence-corrected chi connectivity index (χ2v) is 5.28. The summed E-state index contributed by atoms with van der Waals surface area (Å²) in [5.41, 5.74) is 0. The quantitative estimate of drug-likeness (QED) is 0.722. The molecule has 0 amide bonds. The zero-order chi connectivity index (χ0) is 9.80. The van der Waals surface area contributed by atoms with Gasteiger partial charge in [-0.15, -0.1) is 0 Å². The van der Waals surface area contributed by atoms with Crippen LogP contribution in [-0.2, 0) is 4.74 Å². The summed E-state index contributed by atoms with van der Waals surface area (Å²) < 4.78 is 5.41. The molecule has 0 N–H and O–H groups in total. The lowest BCUT2D eigenvalue weighted by Gasteiger charge is -2.32. The minimum atomic E-state index is 0.815. The third kappa shape index (κ3) is 2.94. The highest BCUT2D eigenvalue weighted by molar-refractivity contribution is 9.09. The van der Waals surface area contributed by atoms with Crippen LogP contribution in [0.1, 0.15) is 19.3 Å². The van der Waals surface area contributed by atoms with Gasteiger partial charge in [-0.25, -0.2) is 0 Å². The third-order valence-corrected chi connectivity index (χ3v) is 4.38. The Kier molecular flexibility index (Phi) is 4.26. The van der Waals surface area contributed by atoms with Gasteiger partial charge in [0, 0.05) is 18.5 Å². The van der Waals surface area contributed by atoms with Crippen LogP contribution in [0.2, 0.25) is 0 Å². The lowest BCUT2D eigenvalue weighted by molar-refractivity contribution is 0.145. The number of piperidine rings is 1. The number of likely N-dealkylation sites (tertiary alicyclic amines) is 1. The molecule has 2 rings (SSSR count). The van der Waals surface area contributed by atoms with Crippen LogP contribution in [0.4, 0.5) is 0 Å². The molecule has 0 aromatic rings. The van der Waals surface area contributed by atoms with Crippen molar-refractivity contribution in [2.24, 2.45) is 11.8 Å². The Hall–Kier alpha value is 0.400. The van der Waals surface area contributed by atoms with Crippen LogP contribution in [-0.4, -0.2) is 43.1 Å². The van der Waals surface area contributed by atoms with Crippen molar-refractivity contribution >= 4 is 15.9 Å². The van der Waals surface area contributed by atoms with Crippen molar-refractivity contribution in [1.29, 1.82) is 0 Å². The molecule has 2 aliphatic rings. The number of alkyl halides is 1. The average Bonchev–Trinajstić information content (AvgIpc) is 2.72. The van der Waals surface area contributed by atoms with Gasteiger partial charge in [-0.2, -0.15) is 0 Å². The number of rotatable bonds is 3. The van der Waals surface area contributed by atoms with Crippen LogP contribution < -0.4 is 0 Å². The molecule has 0 saturated carbocycles. The molecular formula is C11H20BrNO. The first kappa shape index (κ1) is 10.9. The molecule has 82 valence electrons. The van der Waals surface area contributed by atoms with Crippen LogP contribution in [0.5, 0.6) is 0 Å². The smallest absolute Gasteiger partial charge is 0.0507 e. The number of hydrogen-bond acceptors (Lipinski definition) is 2. The summed E-state index contributed by atoms with van der Waals surface area (Å²) in [6.07, 6.45) is 4.02. The van der Waals surface area contributed by atoms with Gasteiger partial charge in [0.1, 0.15) is 0 Å². The van der Waals surface area contributed by atoms with Gasteiger partial charge in [-0.3, -0.25) is 0 Å². The van der Waals surface area contributed by atoms with E-state index in [0.717, 1.165) is 25.0 Å². The molecule has 0 aliphatic carbocycles. The SMILES string of the molecule is BrCC1CCN(CC2CCOC2)CC1. The highest BCUT2D eigenvalue weighted by Gasteiger charge is 2.23. The molecule has 2 aliphatic heterocycles. The zero-order valence-corrected chi connectivity index (χ0v) is 10.3. The van der Waals surface area contributed by atoms with Crippen LogP contribution >= 0.6 is 15.9 Å². The van der Waals surface area contributed by atoms with Crippen molar-refractivity contribution in [1.82, 2.24) is 4.90 Å². The largest absolute Gasteiger partial charge is 0.381 e. The van der Waals surface area contributed by atoms with Gasteiger partial charge in [0.2, 0.25) is 0 Å². The minimum absolute atomic E-state index is 0.815. The van der Waals surface area contributed by atoms with Gasteiger partial charge in [-0.05, 0) is 44.2 Å². The van der Waals surface area contributed by atoms with E-state index in [9.17, 15) is 0 Å². The molecule has 2 nitrogen and oxygen atoms in total. The molecule has 2 saturated heterocycles. The van der Waals surface area contributed by atoms with Crippen molar-refractivity contribution in [3.05, 3.63) is 0 Å². The van der Waals surface area contributed by atoms with Crippen molar-refractivity contribution in [3.63, 3.8) is 0 Å². The average molecular weight is 262 g/mol. The normalized spacial score (nSPS) is 31.1. The van der Waals surface area contributed by atoms with E-state index in [1.807, 2.05) is 0 Å². The number of ether oxygens (including phenoxy) is 1. The minimum Gasteiger partial charge on any atom is -0.381 e. The van der Waals surface area contributed by atoms with Gasteiger partial charge in [-0.1, -0.05) is 15.9 Å². The van der Waals surface area contributed by atoms with Gasteiger partial charge in [0.15, 0.2) is 0 Å². The lowest BCUT2D eigenvalue weighted by Crippen LogP contribution is -2.37. The predicted octanol–water partition coefficient (Wildman–Crippen LogP) is 2.13. The molecular weight excluding hydrogens is 242 g/mol. The standard InChI is InChI=1S/C11H20BrNO/c12-7-10-1-4-13(5-2-10)8-11-3-6-14-9-11/h10-11H,1-9H2. The fraction of sp³-hybridized carbons (Fsp3) is 1.00. The Morgan fingerprint density at radius 1 is 1.14 bits per heavy atom. The molecule has 0 bridgehead atoms. The summed E-state index contributed by atoms with van der Waals surface area (Å²) in [5, 5.41) is 1.19. The van der Waals surface area contributed by atoms with Crippen LogP contribution in [0.3, 0.4) is 0 Å². The maximum atomic E-state index is 5.41. The van der Waals surface area contributed by atoms with E-state index in [4.69, 9.17) is 4.74 Å². The van der Waals surface area contributed by atoms with Crippen LogP contribution in [0.15, 0.2) is 0 Å². The van der Waals surface area contributed by atoms with E-state index in [2.05, 4.69) is 20.8 Å². The van der Waals surface area contributed by atoms with E-state index in [0.29, 0.717) is 0 Å². The van der Waals surface area contributed by atoms with E-state index in [1.54, 1.807) is 0 Å². The lowest BCUT2D eigenvalue weighted by atomic mass is 9.98. The maximum Gasteiger partial charge on any atom is 0.0507 e. The van der Waals surface area contributed by atoms with E-state index >= 15 is 0 Å². The fourth-order valence-corrected chi connectivity index (χ4v) is 3.06. The zero-order valence-electron chi connectivity index (χ0n) is 8.75. The first-order valence-corrected chi connectivity index (χ1v) is 6.86. The van der Waals surface area contributed by atoms with Crippen LogP contribution in [0.25, 0.3) is 0 Å². The summed E-state index contributed by atoms with van der Waals surface area (Å²) in [5.74, 6) is 1.74. The second-order valence-electron chi connectivity index (χ2n) is 4.63. The number of halogens is 1. The molecule has 0 aromatic heterocycles. The topological polar surface area (TPSA) is 12.5 Å². The number of hydrogen-bond donors (Lipinski definition) is 0. The summed E-state index contributed by atoms with van der Waals surface area (Å²) >= 11 is 3.58. The highest BCUT2D eigenvalue weighted by Crippen LogP contribution is 2.21. The first-order valence-electron chi connectivity index (χ1n) is 5.74. The molecule has 14 heavy (non-hydrogen) atoms. The van der Waals surface area contributed by atoms with E-state index < -0.39 is 0 Å². The molecule has 2 heterocycles. The molecule has 0 radical (unpaired) electrons. The molecule has 1 atom stereocenters. The van der Waals surface area contributed by atoms with Gasteiger partial charge < -0.3 is 9.64 Å². The Balaban J connectivity index is 1.67. The first-order chi connectivity index (χ1) is 6.88.